The van der Waals surface area contributed by atoms with E-state index in [9.17, 15) is 69.6 Å². The molecule has 9 N–H and O–H groups in total. The second kappa shape index (κ2) is 35.4. The molecule has 6 aromatic carbocycles. The van der Waals surface area contributed by atoms with Crippen LogP contribution in [-0.2, 0) is 58.9 Å². The van der Waals surface area contributed by atoms with Crippen molar-refractivity contribution in [2.75, 3.05) is 19.8 Å². The molecule has 0 saturated heterocycles. The van der Waals surface area contributed by atoms with Gasteiger partial charge in [0.1, 0.15) is 39.2 Å². The third-order valence-electron chi connectivity index (χ3n) is 37.2. The molecule has 24 atom stereocenters. The molecule has 0 spiro atoms. The van der Waals surface area contributed by atoms with Crippen LogP contribution in [0.3, 0.4) is 0 Å². The number of carbonyl (C=O) groups is 6. The zero-order chi connectivity index (χ0) is 98.8. The molecule has 0 aliphatic heterocycles. The van der Waals surface area contributed by atoms with Gasteiger partial charge in [0.25, 0.3) is 0 Å². The van der Waals surface area contributed by atoms with Crippen LogP contribution < -0.4 is 0 Å². The van der Waals surface area contributed by atoms with Gasteiger partial charge in [0, 0.05) is 88.8 Å². The number of carboxylic acids is 1. The van der Waals surface area contributed by atoms with Gasteiger partial charge in [-0.25, -0.2) is 0 Å². The van der Waals surface area contributed by atoms with Crippen molar-refractivity contribution in [3.8, 4) is 0 Å². The summed E-state index contributed by atoms with van der Waals surface area (Å²) in [6.07, 6.45) is 22.6. The lowest BCUT2D eigenvalue weighted by atomic mass is 9.60. The van der Waals surface area contributed by atoms with Gasteiger partial charge in [-0.15, -0.1) is 0 Å². The second-order valence-electron chi connectivity index (χ2n) is 46.8. The standard InChI is InChI=1S/C46H52O6.C39H42O5.C27H38O6.C7H12O2/c1-29-24-38-43(49,40(29)47)27-33(28-51-46(34-15-9-6-10-16-34,35-17-11-7-12-18-35)36-19-13-8-14-20-36)25-37-39-42(4,5)44(39,26-31(3)45(37,38)50)52-41(48)30(2)23-32-21-22-32;1-25-20-32-36(41,34(25)40)23-27(21-31-33-35(3,4)37(33,42)22-26(2)38(31,32)43)24-44-39(28-14-8-5-9-15-28,29-16-10-6-11-17-29)30-18-12-7-13-19-30;1-14-9-20-25(31,22(14)29)12-18(13-28)10-19-21-24(4,5)26(21,11-16(3)27(19,20)32)33-23(30)15(2)8-17-6-7-17;1-5(7(8)9)4-6-2-3-6/h6-20,24-25,30-32,37-39,49-50H,21-23,26-28H2,1-5H3;5-21,26,31-33,41-43H,22-24H2,1-4H3;9-10,15-17,19-21,28,31-32H,6-8,11-13H2,1-5H3;5-6H,2-4H2,1H3,(H,8,9)/t30-,31+,37-,38+,39+,43+,44-,45+;26-,31+,32-,33-,36-,37+,38-;15-,16+,19-,20+,21+,25+,26-,27+;5-/m0100/s1. The number of carbonyl (C=O) groups excluding carboxylic acids is 5. The van der Waals surface area contributed by atoms with E-state index in [1.165, 1.54) is 38.5 Å². The number of fused-ring (bicyclic) bond motifs is 15. The number of ether oxygens (including phenoxy) is 4. The topological polar surface area (TPSA) is 321 Å². The van der Waals surface area contributed by atoms with Crippen LogP contribution in [0.1, 0.15) is 234 Å². The van der Waals surface area contributed by atoms with Gasteiger partial charge in [-0.05, 0) is 162 Å². The lowest BCUT2D eigenvalue weighted by Gasteiger charge is -2.50. The Labute approximate surface area is 813 Å². The molecular formula is C119H144O19. The second-order valence-corrected chi connectivity index (χ2v) is 46.8. The number of aliphatic hydroxyl groups excluding tert-OH is 1. The molecule has 0 aromatic heterocycles. The van der Waals surface area contributed by atoms with Crippen molar-refractivity contribution in [3.05, 3.63) is 285 Å². The van der Waals surface area contributed by atoms with E-state index >= 15 is 0 Å². The van der Waals surface area contributed by atoms with Crippen LogP contribution in [0.2, 0.25) is 0 Å². The van der Waals surface area contributed by atoms with Gasteiger partial charge in [-0.3, -0.25) is 28.8 Å². The molecular weight excluding hydrogens is 1730 g/mol. The summed E-state index contributed by atoms with van der Waals surface area (Å²) in [6.45, 7) is 29.2. The van der Waals surface area contributed by atoms with E-state index in [4.69, 9.17) is 24.1 Å². The van der Waals surface area contributed by atoms with Crippen molar-refractivity contribution in [2.24, 2.45) is 123 Å². The average Bonchev–Trinajstić information content (AvgIpc) is 1.48. The van der Waals surface area contributed by atoms with Crippen molar-refractivity contribution in [1.29, 1.82) is 0 Å². The van der Waals surface area contributed by atoms with Crippen molar-refractivity contribution in [2.45, 2.75) is 262 Å². The summed E-state index contributed by atoms with van der Waals surface area (Å²) in [5.41, 5.74) is -6.04. The Morgan fingerprint density at radius 2 is 0.630 bits per heavy atom. The maximum absolute atomic E-state index is 14.0. The molecule has 0 radical (unpaired) electrons. The lowest BCUT2D eigenvalue weighted by molar-refractivity contribution is -0.189. The summed E-state index contributed by atoms with van der Waals surface area (Å²) in [5.74, 6) is -5.92. The van der Waals surface area contributed by atoms with Crippen LogP contribution in [0.25, 0.3) is 0 Å². The van der Waals surface area contributed by atoms with E-state index in [2.05, 4.69) is 120 Å². The normalized spacial score (nSPS) is 36.5. The molecule has 21 rings (SSSR count). The molecule has 15 aliphatic rings. The Morgan fingerprint density at radius 3 is 0.906 bits per heavy atom. The highest BCUT2D eigenvalue weighted by molar-refractivity contribution is 6.06. The quantitative estimate of drug-likeness (QED) is 0.0154. The Kier molecular flexibility index (Phi) is 25.4. The highest BCUT2D eigenvalue weighted by Gasteiger charge is 2.86. The van der Waals surface area contributed by atoms with Crippen LogP contribution in [0.15, 0.2) is 252 Å². The molecule has 9 fully saturated rings. The molecule has 15 aliphatic carbocycles. The van der Waals surface area contributed by atoms with Gasteiger partial charge in [0.2, 0.25) is 0 Å². The SMILES string of the molecule is CC1=C[C@H]2[C@@]3(O)[C@H](C)C[C@]4(O)[C@H]([C@@H]3C=C(COC(c3ccccc3)(c3ccccc3)c3ccccc3)C[C@]2(O)C1=O)C4(C)C.CC1=C[C@H]2[C@@]3(O)[C@H](C)C[C@]4(OC(=O)[C@@H](C)CC5CC5)[C@H]([C@@H]3C=C(CO)C[C@]2(O)C1=O)C4(C)C.CC1=C[C@H]2[C@@]3(O)[C@H](C)C[C@]4(OC(=O)[C@@H](C)CC5CC5)[C@H]([C@@H]3C=C(COC(c3ccccc3)(c3ccccc3)c3ccccc3)C[C@]2(O)C1=O)C4(C)C.C[C@@H](CC1CC1)C(=O)O. The first-order chi connectivity index (χ1) is 65.2. The number of hydrogen-bond donors (Lipinski definition) is 9. The predicted molar refractivity (Wildman–Crippen MR) is 525 cm³/mol. The molecule has 9 saturated carbocycles. The fraction of sp³-hybridized carbons (Fsp3) is 0.546. The smallest absolute Gasteiger partial charge is 0.309 e. The van der Waals surface area contributed by atoms with Gasteiger partial charge >= 0.3 is 17.9 Å². The fourth-order valence-electron chi connectivity index (χ4n) is 28.9. The minimum absolute atomic E-state index is 0.00469. The maximum atomic E-state index is 14.0. The largest absolute Gasteiger partial charge is 0.481 e. The van der Waals surface area contributed by atoms with Crippen LogP contribution in [-0.4, -0.2) is 151 Å². The first-order valence-electron chi connectivity index (χ1n) is 51.0. The number of benzene rings is 6. The number of rotatable bonds is 24. The Balaban J connectivity index is 0.000000134. The molecule has 19 heteroatoms. The molecule has 0 unspecified atom stereocenters. The zero-order valence-corrected chi connectivity index (χ0v) is 83.0. The van der Waals surface area contributed by atoms with Gasteiger partial charge in [-0.2, -0.15) is 0 Å². The van der Waals surface area contributed by atoms with E-state index in [0.717, 1.165) is 69.7 Å². The minimum atomic E-state index is -1.83. The average molecular weight is 1880 g/mol. The highest BCUT2D eigenvalue weighted by atomic mass is 16.6. The predicted octanol–water partition coefficient (Wildman–Crippen LogP) is 18.4. The number of aliphatic hydroxyl groups is 8. The van der Waals surface area contributed by atoms with E-state index in [1.54, 1.807) is 45.9 Å². The lowest BCUT2D eigenvalue weighted by Crippen LogP contribution is -2.61. The fourth-order valence-corrected chi connectivity index (χ4v) is 28.9. The molecule has 138 heavy (non-hydrogen) atoms. The number of aliphatic carboxylic acids is 1. The third kappa shape index (κ3) is 15.8. The zero-order valence-electron chi connectivity index (χ0n) is 83.0. The van der Waals surface area contributed by atoms with Gasteiger partial charge in [0.15, 0.2) is 17.3 Å². The van der Waals surface area contributed by atoms with E-state index in [1.807, 2.05) is 156 Å². The van der Waals surface area contributed by atoms with Crippen LogP contribution in [0.4, 0.5) is 0 Å². The highest BCUT2D eigenvalue weighted by Crippen LogP contribution is 2.80. The van der Waals surface area contributed by atoms with Crippen molar-refractivity contribution >= 4 is 35.3 Å². The number of hydrogen-bond acceptors (Lipinski definition) is 18. The van der Waals surface area contributed by atoms with Crippen molar-refractivity contribution in [3.63, 3.8) is 0 Å². The van der Waals surface area contributed by atoms with Crippen LogP contribution in [0, 0.1) is 123 Å². The van der Waals surface area contributed by atoms with Crippen LogP contribution >= 0.6 is 0 Å². The molecule has 0 amide bonds. The summed E-state index contributed by atoms with van der Waals surface area (Å²) in [6, 6.07) is 60.8. The molecule has 0 bridgehead atoms. The molecule has 734 valence electrons. The first-order valence-corrected chi connectivity index (χ1v) is 51.0. The molecule has 0 heterocycles. The first kappa shape index (κ1) is 98.9. The van der Waals surface area contributed by atoms with Gasteiger partial charge < -0.3 is 64.9 Å². The van der Waals surface area contributed by atoms with E-state index in [0.29, 0.717) is 53.4 Å². The molecule has 6 aromatic rings. The minimum Gasteiger partial charge on any atom is -0.481 e. The van der Waals surface area contributed by atoms with Gasteiger partial charge in [0.05, 0.1) is 60.0 Å². The number of ketones is 3. The number of esters is 2. The van der Waals surface area contributed by atoms with E-state index < -0.39 is 114 Å². The Morgan fingerprint density at radius 1 is 0.370 bits per heavy atom. The summed E-state index contributed by atoms with van der Waals surface area (Å²) in [7, 11) is 0. The summed E-state index contributed by atoms with van der Waals surface area (Å²) in [5, 5.41) is 105. The maximum Gasteiger partial charge on any atom is 0.309 e. The summed E-state index contributed by atoms with van der Waals surface area (Å²) >= 11 is 0. The van der Waals surface area contributed by atoms with Crippen molar-refractivity contribution < 1.29 is 93.7 Å². The third-order valence-corrected chi connectivity index (χ3v) is 37.2. The van der Waals surface area contributed by atoms with E-state index in [-0.39, 0.29) is 127 Å². The number of Topliss-reactive ketones (excluding diaryl/α,β-unsaturated/α-hetero) is 3. The van der Waals surface area contributed by atoms with Gasteiger partial charge in [-0.1, -0.05) is 340 Å². The summed E-state index contributed by atoms with van der Waals surface area (Å²) in [4.78, 5) is 77.7. The Bertz CT molecular complexity index is 5670. The monoisotopic (exact) mass is 1880 g/mol. The number of carboxylic acid groups (broad SMARTS) is 1. The Hall–Kier alpha value is -9.22. The van der Waals surface area contributed by atoms with Crippen molar-refractivity contribution in [1.82, 2.24) is 0 Å². The molecule has 19 nitrogen and oxygen atoms in total. The summed E-state index contributed by atoms with van der Waals surface area (Å²) < 4.78 is 27.4. The van der Waals surface area contributed by atoms with Crippen LogP contribution in [0.5, 0.6) is 0 Å².